The van der Waals surface area contributed by atoms with E-state index in [0.717, 1.165) is 0 Å². The second kappa shape index (κ2) is 4.82. The van der Waals surface area contributed by atoms with Crippen LogP contribution in [0, 0.1) is 5.41 Å². The van der Waals surface area contributed by atoms with Crippen LogP contribution >= 0.6 is 0 Å². The molecule has 0 aromatic rings. The van der Waals surface area contributed by atoms with E-state index < -0.39 is 23.0 Å². The highest BCUT2D eigenvalue weighted by molar-refractivity contribution is 5.84. The van der Waals surface area contributed by atoms with Gasteiger partial charge in [0.15, 0.2) is 0 Å². The Kier molecular flexibility index (Phi) is 4.49. The summed E-state index contributed by atoms with van der Waals surface area (Å²) in [5.41, 5.74) is 3.67. The average Bonchev–Trinajstić information content (AvgIpc) is 2.15. The summed E-state index contributed by atoms with van der Waals surface area (Å²) in [6.07, 6.45) is 0.523. The third-order valence-corrected chi connectivity index (χ3v) is 3.31. The first-order valence-corrected chi connectivity index (χ1v) is 5.37. The molecule has 0 aliphatic carbocycles. The summed E-state index contributed by atoms with van der Waals surface area (Å²) in [5, 5.41) is 11.8. The molecule has 0 aliphatic rings. The van der Waals surface area contributed by atoms with Gasteiger partial charge in [-0.1, -0.05) is 6.92 Å². The minimum atomic E-state index is -1.06. The molecule has 0 aromatic heterocycles. The number of rotatable bonds is 5. The molecule has 1 amide bonds. The summed E-state index contributed by atoms with van der Waals surface area (Å²) >= 11 is 0. The number of carbonyl (C=O) groups is 2. The number of hydrogen-bond donors (Lipinski definition) is 3. The molecule has 0 aliphatic heterocycles. The van der Waals surface area contributed by atoms with Crippen LogP contribution in [0.25, 0.3) is 0 Å². The van der Waals surface area contributed by atoms with Gasteiger partial charge in [-0.25, -0.2) is 0 Å². The smallest absolute Gasteiger partial charge is 0.311 e. The number of aliphatic carboxylic acids is 1. The monoisotopic (exact) mass is 230 g/mol. The largest absolute Gasteiger partial charge is 0.481 e. The van der Waals surface area contributed by atoms with Crippen molar-refractivity contribution in [2.24, 2.45) is 11.1 Å². The topological polar surface area (TPSA) is 92.4 Å². The van der Waals surface area contributed by atoms with Crippen LogP contribution < -0.4 is 11.1 Å². The maximum absolute atomic E-state index is 11.6. The van der Waals surface area contributed by atoms with Crippen LogP contribution in [0.15, 0.2) is 0 Å². The second-order valence-electron chi connectivity index (χ2n) is 5.06. The Bertz CT molecular complexity index is 285. The van der Waals surface area contributed by atoms with E-state index >= 15 is 0 Å². The number of nitrogens with two attached hydrogens (primary N) is 1. The number of carboxylic acid groups (broad SMARTS) is 1. The molecule has 94 valence electrons. The average molecular weight is 230 g/mol. The quantitative estimate of drug-likeness (QED) is 0.649. The van der Waals surface area contributed by atoms with Gasteiger partial charge in [0.2, 0.25) is 5.91 Å². The molecule has 0 aromatic carbocycles. The number of amides is 1. The second-order valence-corrected chi connectivity index (χ2v) is 5.06. The minimum Gasteiger partial charge on any atom is -0.481 e. The van der Waals surface area contributed by atoms with Crippen molar-refractivity contribution in [1.82, 2.24) is 5.32 Å². The highest BCUT2D eigenvalue weighted by atomic mass is 16.4. The van der Waals surface area contributed by atoms with Crippen LogP contribution in [0.1, 0.15) is 41.0 Å². The molecule has 0 radical (unpaired) electrons. The minimum absolute atomic E-state index is 0.318. The van der Waals surface area contributed by atoms with Crippen molar-refractivity contribution in [2.45, 2.75) is 52.6 Å². The van der Waals surface area contributed by atoms with E-state index in [2.05, 4.69) is 5.32 Å². The zero-order valence-corrected chi connectivity index (χ0v) is 10.6. The van der Waals surface area contributed by atoms with Crippen LogP contribution in [0.2, 0.25) is 0 Å². The van der Waals surface area contributed by atoms with Crippen molar-refractivity contribution in [1.29, 1.82) is 0 Å². The van der Waals surface area contributed by atoms with Crippen molar-refractivity contribution in [2.75, 3.05) is 0 Å². The molecular weight excluding hydrogens is 208 g/mol. The molecule has 0 bridgehead atoms. The van der Waals surface area contributed by atoms with Crippen molar-refractivity contribution >= 4 is 11.9 Å². The third kappa shape index (κ3) is 2.95. The van der Waals surface area contributed by atoms with Gasteiger partial charge in [-0.15, -0.1) is 0 Å². The first kappa shape index (κ1) is 14.9. The number of hydrogen-bond acceptors (Lipinski definition) is 3. The van der Waals surface area contributed by atoms with E-state index in [-0.39, 0.29) is 5.91 Å². The summed E-state index contributed by atoms with van der Waals surface area (Å²) in [4.78, 5) is 22.7. The normalized spacial score (nSPS) is 14.4. The van der Waals surface area contributed by atoms with E-state index in [0.29, 0.717) is 6.42 Å². The number of nitrogens with one attached hydrogen (secondary N) is 1. The fourth-order valence-corrected chi connectivity index (χ4v) is 1.01. The molecule has 16 heavy (non-hydrogen) atoms. The zero-order chi connectivity index (χ0) is 13.1. The summed E-state index contributed by atoms with van der Waals surface area (Å²) in [6.45, 7) is 8.32. The molecule has 0 heterocycles. The lowest BCUT2D eigenvalue weighted by Crippen LogP contribution is -2.59. The van der Waals surface area contributed by atoms with E-state index in [9.17, 15) is 9.59 Å². The molecule has 0 spiro atoms. The fourth-order valence-electron chi connectivity index (χ4n) is 1.01. The van der Waals surface area contributed by atoms with Gasteiger partial charge in [0, 0.05) is 0 Å². The van der Waals surface area contributed by atoms with Crippen LogP contribution in [0.3, 0.4) is 0 Å². The Balaban J connectivity index is 4.82. The summed E-state index contributed by atoms with van der Waals surface area (Å²) < 4.78 is 0. The maximum atomic E-state index is 11.6. The molecule has 0 fully saturated rings. The van der Waals surface area contributed by atoms with E-state index in [1.807, 2.05) is 0 Å². The molecule has 5 nitrogen and oxygen atoms in total. The molecule has 0 saturated carbocycles. The molecule has 0 saturated heterocycles. The standard InChI is InChI=1S/C11H22N2O3/c1-6-7(12)8(14)13-11(4,5)10(2,3)9(15)16/h7H,6,12H2,1-5H3,(H,13,14)(H,15,16). The lowest BCUT2D eigenvalue weighted by atomic mass is 9.74. The van der Waals surface area contributed by atoms with Crippen LogP contribution in [0.5, 0.6) is 0 Å². The third-order valence-electron chi connectivity index (χ3n) is 3.31. The Labute approximate surface area is 96.4 Å². The molecule has 1 unspecified atom stereocenters. The molecule has 4 N–H and O–H groups in total. The Hall–Kier alpha value is -1.10. The number of carboxylic acids is 1. The van der Waals surface area contributed by atoms with Crippen molar-refractivity contribution in [3.05, 3.63) is 0 Å². The van der Waals surface area contributed by atoms with E-state index in [1.165, 1.54) is 0 Å². The Morgan fingerprint density at radius 2 is 1.75 bits per heavy atom. The zero-order valence-electron chi connectivity index (χ0n) is 10.6. The first-order chi connectivity index (χ1) is 7.06. The number of carbonyl (C=O) groups excluding carboxylic acids is 1. The van der Waals surface area contributed by atoms with Gasteiger partial charge in [-0.3, -0.25) is 9.59 Å². The van der Waals surface area contributed by atoms with Gasteiger partial charge in [0.05, 0.1) is 17.0 Å². The predicted octanol–water partition coefficient (Wildman–Crippen LogP) is 0.729. The van der Waals surface area contributed by atoms with Crippen molar-refractivity contribution in [3.63, 3.8) is 0 Å². The van der Waals surface area contributed by atoms with E-state index in [4.69, 9.17) is 10.8 Å². The van der Waals surface area contributed by atoms with Crippen LogP contribution in [0.4, 0.5) is 0 Å². The lowest BCUT2D eigenvalue weighted by molar-refractivity contribution is -0.151. The first-order valence-electron chi connectivity index (χ1n) is 5.37. The summed E-state index contributed by atoms with van der Waals surface area (Å²) in [7, 11) is 0. The highest BCUT2D eigenvalue weighted by Crippen LogP contribution is 2.30. The van der Waals surface area contributed by atoms with Gasteiger partial charge in [-0.05, 0) is 34.1 Å². The predicted molar refractivity (Wildman–Crippen MR) is 61.9 cm³/mol. The van der Waals surface area contributed by atoms with Gasteiger partial charge in [0.1, 0.15) is 0 Å². The molecule has 0 rings (SSSR count). The van der Waals surface area contributed by atoms with Gasteiger partial charge >= 0.3 is 5.97 Å². The van der Waals surface area contributed by atoms with Crippen molar-refractivity contribution in [3.8, 4) is 0 Å². The van der Waals surface area contributed by atoms with Gasteiger partial charge in [-0.2, -0.15) is 0 Å². The van der Waals surface area contributed by atoms with Gasteiger partial charge in [0.25, 0.3) is 0 Å². The summed E-state index contributed by atoms with van der Waals surface area (Å²) in [5.74, 6) is -1.27. The van der Waals surface area contributed by atoms with Crippen molar-refractivity contribution < 1.29 is 14.7 Å². The van der Waals surface area contributed by atoms with Crippen LogP contribution in [-0.4, -0.2) is 28.6 Å². The van der Waals surface area contributed by atoms with E-state index in [1.54, 1.807) is 34.6 Å². The SMILES string of the molecule is CCC(N)C(=O)NC(C)(C)C(C)(C)C(=O)O. The highest BCUT2D eigenvalue weighted by Gasteiger charge is 2.44. The Morgan fingerprint density at radius 3 is 2.06 bits per heavy atom. The maximum Gasteiger partial charge on any atom is 0.311 e. The molecular formula is C11H22N2O3. The Morgan fingerprint density at radius 1 is 1.31 bits per heavy atom. The lowest BCUT2D eigenvalue weighted by Gasteiger charge is -2.39. The molecule has 1 atom stereocenters. The molecule has 5 heteroatoms. The van der Waals surface area contributed by atoms with Crippen LogP contribution in [-0.2, 0) is 9.59 Å². The fraction of sp³-hybridized carbons (Fsp3) is 0.818. The summed E-state index contributed by atoms with van der Waals surface area (Å²) in [6, 6.07) is -0.594. The van der Waals surface area contributed by atoms with Gasteiger partial charge < -0.3 is 16.2 Å².